The minimum Gasteiger partial charge on any atom is -0.466 e. The molecule has 2 aliphatic heterocycles. The Morgan fingerprint density at radius 1 is 1.21 bits per heavy atom. The molecule has 0 unspecified atom stereocenters. The zero-order chi connectivity index (χ0) is 29.1. The van der Waals surface area contributed by atoms with E-state index in [1.807, 2.05) is 13.8 Å². The summed E-state index contributed by atoms with van der Waals surface area (Å²) in [6.45, 7) is 17.2. The fourth-order valence-electron chi connectivity index (χ4n) is 6.56. The first-order valence-corrected chi connectivity index (χ1v) is 14.3. The minimum atomic E-state index is -1.69. The second-order valence-corrected chi connectivity index (χ2v) is 11.7. The first-order valence-electron chi connectivity index (χ1n) is 14.3. The second-order valence-electron chi connectivity index (χ2n) is 11.7. The zero-order valence-electron chi connectivity index (χ0n) is 24.0. The van der Waals surface area contributed by atoms with E-state index in [0.717, 1.165) is 18.4 Å². The van der Waals surface area contributed by atoms with E-state index in [1.165, 1.54) is 6.92 Å². The zero-order valence-corrected chi connectivity index (χ0v) is 24.0. The number of aliphatic hydroxyl groups is 2. The molecular weight excluding hydrogens is 504 g/mol. The topological polar surface area (TPSA) is 129 Å². The van der Waals surface area contributed by atoms with Crippen molar-refractivity contribution in [2.45, 2.75) is 116 Å². The lowest BCUT2D eigenvalue weighted by atomic mass is 9.60. The van der Waals surface area contributed by atoms with Crippen molar-refractivity contribution >= 4 is 17.9 Å². The Labute approximate surface area is 231 Å². The highest BCUT2D eigenvalue weighted by Crippen LogP contribution is 2.55. The van der Waals surface area contributed by atoms with Gasteiger partial charge in [0.2, 0.25) is 0 Å². The molecule has 0 amide bonds. The number of fused-ring (bicyclic) bond motifs is 5. The van der Waals surface area contributed by atoms with Gasteiger partial charge in [-0.15, -0.1) is 0 Å². The summed E-state index contributed by atoms with van der Waals surface area (Å²) in [7, 11) is 0. The van der Waals surface area contributed by atoms with Gasteiger partial charge >= 0.3 is 17.9 Å². The number of hydrogen-bond acceptors (Lipinski definition) is 9. The third-order valence-electron chi connectivity index (χ3n) is 8.75. The Morgan fingerprint density at radius 3 is 2.51 bits per heavy atom. The van der Waals surface area contributed by atoms with Gasteiger partial charge in [0.05, 0.1) is 24.9 Å². The molecule has 2 heterocycles. The van der Waals surface area contributed by atoms with Gasteiger partial charge in [-0.25, -0.2) is 4.79 Å². The van der Waals surface area contributed by atoms with Crippen LogP contribution in [0.25, 0.3) is 0 Å². The van der Waals surface area contributed by atoms with Crippen LogP contribution in [0, 0.1) is 23.7 Å². The van der Waals surface area contributed by atoms with Gasteiger partial charge in [0.1, 0.15) is 11.7 Å². The van der Waals surface area contributed by atoms with Crippen LogP contribution in [0.15, 0.2) is 24.3 Å². The van der Waals surface area contributed by atoms with E-state index >= 15 is 0 Å². The maximum Gasteiger partial charge on any atom is 0.347 e. The molecule has 0 aromatic carbocycles. The number of carbonyl (C=O) groups is 3. The van der Waals surface area contributed by atoms with E-state index in [9.17, 15) is 24.6 Å². The average Bonchev–Trinajstić information content (AvgIpc) is 3.26. The SMILES string of the molecule is C=C1CC[C@H]([C@@H](C)COC(C)=O)[C@@H]2[C@H]1[C@H]1CC(=C)[C@@H](O)C[C@H](OC(=O)[C@@H](CC)OC(=O)CCC)[C@@](C)(O)[C@@H]2O1. The van der Waals surface area contributed by atoms with Crippen molar-refractivity contribution in [3.63, 3.8) is 0 Å². The van der Waals surface area contributed by atoms with E-state index in [1.54, 1.807) is 13.8 Å². The highest BCUT2D eigenvalue weighted by Gasteiger charge is 2.60. The van der Waals surface area contributed by atoms with Crippen molar-refractivity contribution in [3.05, 3.63) is 24.3 Å². The predicted octanol–water partition coefficient (Wildman–Crippen LogP) is 3.65. The largest absolute Gasteiger partial charge is 0.466 e. The van der Waals surface area contributed by atoms with Gasteiger partial charge < -0.3 is 29.2 Å². The van der Waals surface area contributed by atoms with Crippen molar-refractivity contribution in [3.8, 4) is 0 Å². The average molecular weight is 551 g/mol. The minimum absolute atomic E-state index is 0.00432. The fraction of sp³-hybridized carbons (Fsp3) is 0.767. The molecule has 3 rings (SSSR count). The Morgan fingerprint density at radius 2 is 1.90 bits per heavy atom. The number of hydrogen-bond donors (Lipinski definition) is 2. The summed E-state index contributed by atoms with van der Waals surface area (Å²) in [5, 5.41) is 23.1. The van der Waals surface area contributed by atoms with Crippen LogP contribution in [-0.2, 0) is 33.3 Å². The van der Waals surface area contributed by atoms with Gasteiger partial charge in [0, 0.05) is 31.6 Å². The first kappa shape index (κ1) is 31.3. The maximum absolute atomic E-state index is 13.2. The molecule has 220 valence electrons. The third-order valence-corrected chi connectivity index (χ3v) is 8.75. The molecule has 2 N–H and O–H groups in total. The lowest BCUT2D eigenvalue weighted by Gasteiger charge is -2.46. The van der Waals surface area contributed by atoms with Crippen molar-refractivity contribution in [2.24, 2.45) is 23.7 Å². The van der Waals surface area contributed by atoms with E-state index in [-0.39, 0.29) is 61.6 Å². The van der Waals surface area contributed by atoms with Crippen LogP contribution in [0.4, 0.5) is 0 Å². The number of esters is 3. The van der Waals surface area contributed by atoms with Crippen molar-refractivity contribution in [2.75, 3.05) is 6.61 Å². The van der Waals surface area contributed by atoms with Gasteiger partial charge in [-0.1, -0.05) is 39.5 Å². The third kappa shape index (κ3) is 6.92. The summed E-state index contributed by atoms with van der Waals surface area (Å²) >= 11 is 0. The van der Waals surface area contributed by atoms with E-state index in [0.29, 0.717) is 18.4 Å². The van der Waals surface area contributed by atoms with Crippen molar-refractivity contribution < 1.29 is 43.5 Å². The van der Waals surface area contributed by atoms with Crippen LogP contribution < -0.4 is 0 Å². The molecule has 0 aromatic rings. The van der Waals surface area contributed by atoms with E-state index in [2.05, 4.69) is 13.2 Å². The summed E-state index contributed by atoms with van der Waals surface area (Å²) in [5.74, 6) is -1.85. The van der Waals surface area contributed by atoms with Crippen molar-refractivity contribution in [1.29, 1.82) is 0 Å². The number of carbonyl (C=O) groups excluding carboxylic acids is 3. The summed E-state index contributed by atoms with van der Waals surface area (Å²) in [6.07, 6.45) is -1.55. The molecule has 1 aliphatic carbocycles. The van der Waals surface area contributed by atoms with Crippen LogP contribution in [-0.4, -0.2) is 70.8 Å². The molecule has 9 heteroatoms. The first-order chi connectivity index (χ1) is 18.3. The van der Waals surface area contributed by atoms with E-state index < -0.39 is 42.0 Å². The standard InChI is InChI=1S/C30H46O9/c1-8-10-25(33)37-22(9-2)29(34)39-24-14-21(32)17(4)13-23-26-16(3)11-12-20(18(5)15-36-19(6)31)27(26)28(38-23)30(24,7)35/h18,20-24,26-28,32,35H,3-4,8-15H2,1-2,5-7H3/t18-,20+,21-,22+,23+,24-,26+,27+,28+,30+/m0/s1. The molecule has 39 heavy (non-hydrogen) atoms. The summed E-state index contributed by atoms with van der Waals surface area (Å²) in [4.78, 5) is 36.8. The highest BCUT2D eigenvalue weighted by atomic mass is 16.6. The Hall–Kier alpha value is -2.23. The maximum atomic E-state index is 13.2. The van der Waals surface area contributed by atoms with Gasteiger partial charge in [0.15, 0.2) is 6.10 Å². The number of aliphatic hydroxyl groups excluding tert-OH is 1. The van der Waals surface area contributed by atoms with Crippen LogP contribution in [0.2, 0.25) is 0 Å². The van der Waals surface area contributed by atoms with E-state index in [4.69, 9.17) is 18.9 Å². The van der Waals surface area contributed by atoms with Gasteiger partial charge in [-0.05, 0) is 56.4 Å². The second kappa shape index (κ2) is 13.0. The summed E-state index contributed by atoms with van der Waals surface area (Å²) < 4.78 is 23.1. The van der Waals surface area contributed by atoms with Gasteiger partial charge in [-0.2, -0.15) is 0 Å². The Kier molecular flexibility index (Phi) is 10.4. The van der Waals surface area contributed by atoms with Crippen LogP contribution in [0.1, 0.15) is 79.6 Å². The Balaban J connectivity index is 1.95. The molecule has 0 aromatic heterocycles. The lowest BCUT2D eigenvalue weighted by Crippen LogP contribution is -2.57. The predicted molar refractivity (Wildman–Crippen MR) is 143 cm³/mol. The van der Waals surface area contributed by atoms with Crippen LogP contribution >= 0.6 is 0 Å². The smallest absolute Gasteiger partial charge is 0.347 e. The summed E-state index contributed by atoms with van der Waals surface area (Å²) in [5.41, 5.74) is -0.145. The fourth-order valence-corrected chi connectivity index (χ4v) is 6.56. The summed E-state index contributed by atoms with van der Waals surface area (Å²) in [6, 6.07) is 0. The molecule has 2 saturated heterocycles. The number of ether oxygens (including phenoxy) is 4. The molecule has 0 radical (unpaired) electrons. The quantitative estimate of drug-likeness (QED) is 0.251. The monoisotopic (exact) mass is 550 g/mol. The number of rotatable bonds is 9. The van der Waals surface area contributed by atoms with Gasteiger partial charge in [0.25, 0.3) is 0 Å². The van der Waals surface area contributed by atoms with Crippen molar-refractivity contribution in [1.82, 2.24) is 0 Å². The lowest BCUT2D eigenvalue weighted by molar-refractivity contribution is -0.202. The molecule has 3 fully saturated rings. The molecule has 0 spiro atoms. The van der Waals surface area contributed by atoms with Gasteiger partial charge in [-0.3, -0.25) is 9.59 Å². The molecular formula is C30H46O9. The van der Waals surface area contributed by atoms with Crippen LogP contribution in [0.5, 0.6) is 0 Å². The molecule has 2 bridgehead atoms. The normalized spacial score (nSPS) is 36.0. The molecule has 10 atom stereocenters. The van der Waals surface area contributed by atoms with Crippen LogP contribution in [0.3, 0.4) is 0 Å². The molecule has 1 saturated carbocycles. The molecule has 9 nitrogen and oxygen atoms in total. The Bertz CT molecular complexity index is 941. The molecule has 3 aliphatic rings. The highest BCUT2D eigenvalue weighted by molar-refractivity contribution is 5.79.